The molecule has 5 heteroatoms. The lowest BCUT2D eigenvalue weighted by atomic mass is 9.96. The zero-order chi connectivity index (χ0) is 10.3. The van der Waals surface area contributed by atoms with Gasteiger partial charge in [-0.25, -0.2) is 17.6 Å². The lowest BCUT2D eigenvalue weighted by Crippen LogP contribution is -2.36. The Morgan fingerprint density at radius 3 is 1.93 bits per heavy atom. The summed E-state index contributed by atoms with van der Waals surface area (Å²) in [5.41, 5.74) is -0.534. The van der Waals surface area contributed by atoms with Gasteiger partial charge in [-0.1, -0.05) is 0 Å². The summed E-state index contributed by atoms with van der Waals surface area (Å²) in [6.45, 7) is 0.599. The SMILES string of the molecule is Fc1cc(F)c(F)c([C@H]2CCN2)c1F. The van der Waals surface area contributed by atoms with Crippen LogP contribution in [0.25, 0.3) is 0 Å². The zero-order valence-corrected chi connectivity index (χ0v) is 7.08. The van der Waals surface area contributed by atoms with Crippen molar-refractivity contribution in [3.05, 3.63) is 34.9 Å². The van der Waals surface area contributed by atoms with Crippen LogP contribution >= 0.6 is 0 Å². The van der Waals surface area contributed by atoms with Crippen molar-refractivity contribution in [3.8, 4) is 0 Å². The van der Waals surface area contributed by atoms with E-state index in [1.807, 2.05) is 0 Å². The maximum Gasteiger partial charge on any atom is 0.166 e. The molecule has 0 saturated carbocycles. The fourth-order valence-corrected chi connectivity index (χ4v) is 1.43. The van der Waals surface area contributed by atoms with Crippen LogP contribution in [0.1, 0.15) is 18.0 Å². The molecule has 76 valence electrons. The van der Waals surface area contributed by atoms with Crippen molar-refractivity contribution < 1.29 is 17.6 Å². The summed E-state index contributed by atoms with van der Waals surface area (Å²) in [6, 6.07) is -0.396. The first-order chi connectivity index (χ1) is 6.61. The van der Waals surface area contributed by atoms with E-state index in [1.165, 1.54) is 0 Å². The van der Waals surface area contributed by atoms with E-state index in [1.54, 1.807) is 0 Å². The third kappa shape index (κ3) is 1.28. The number of halogens is 4. The average Bonchev–Trinajstić information content (AvgIpc) is 2.06. The Hall–Kier alpha value is -1.10. The van der Waals surface area contributed by atoms with Gasteiger partial charge in [-0.05, 0) is 13.0 Å². The fourth-order valence-electron chi connectivity index (χ4n) is 1.43. The molecule has 1 aromatic carbocycles. The topological polar surface area (TPSA) is 12.0 Å². The van der Waals surface area contributed by atoms with Crippen molar-refractivity contribution in [1.82, 2.24) is 5.32 Å². The Morgan fingerprint density at radius 2 is 1.57 bits per heavy atom. The Balaban J connectivity index is 2.54. The van der Waals surface area contributed by atoms with Gasteiger partial charge in [-0.3, -0.25) is 0 Å². The van der Waals surface area contributed by atoms with Crippen molar-refractivity contribution in [2.45, 2.75) is 12.5 Å². The van der Waals surface area contributed by atoms with Gasteiger partial charge in [0.25, 0.3) is 0 Å². The minimum atomic E-state index is -1.35. The van der Waals surface area contributed by atoms with E-state index in [0.717, 1.165) is 0 Å². The van der Waals surface area contributed by atoms with Gasteiger partial charge in [0.05, 0.1) is 0 Å². The summed E-state index contributed by atoms with van der Waals surface area (Å²) >= 11 is 0. The third-order valence-corrected chi connectivity index (χ3v) is 2.32. The zero-order valence-electron chi connectivity index (χ0n) is 7.08. The number of nitrogens with one attached hydrogen (secondary N) is 1. The minimum Gasteiger partial charge on any atom is -0.310 e. The quantitative estimate of drug-likeness (QED) is 0.547. The van der Waals surface area contributed by atoms with Gasteiger partial charge < -0.3 is 5.32 Å². The smallest absolute Gasteiger partial charge is 0.166 e. The monoisotopic (exact) mass is 205 g/mol. The molecule has 14 heavy (non-hydrogen) atoms. The van der Waals surface area contributed by atoms with E-state index in [4.69, 9.17) is 0 Å². The molecule has 0 aromatic heterocycles. The van der Waals surface area contributed by atoms with E-state index in [9.17, 15) is 17.6 Å². The van der Waals surface area contributed by atoms with Crippen LogP contribution < -0.4 is 5.32 Å². The van der Waals surface area contributed by atoms with Gasteiger partial charge in [0.1, 0.15) is 0 Å². The second-order valence-corrected chi connectivity index (χ2v) is 3.18. The molecule has 2 rings (SSSR count). The van der Waals surface area contributed by atoms with Crippen LogP contribution in [0.5, 0.6) is 0 Å². The molecule has 0 radical (unpaired) electrons. The molecule has 1 heterocycles. The van der Waals surface area contributed by atoms with Crippen LogP contribution in [-0.2, 0) is 0 Å². The van der Waals surface area contributed by atoms with Crippen molar-refractivity contribution in [3.63, 3.8) is 0 Å². The van der Waals surface area contributed by atoms with Gasteiger partial charge in [-0.2, -0.15) is 0 Å². The van der Waals surface area contributed by atoms with Crippen LogP contribution in [0, 0.1) is 23.3 Å². The highest BCUT2D eigenvalue weighted by Gasteiger charge is 2.29. The summed E-state index contributed by atoms with van der Waals surface area (Å²) in [4.78, 5) is 0. The molecular weight excluding hydrogens is 198 g/mol. The summed E-state index contributed by atoms with van der Waals surface area (Å²) in [5, 5.41) is 2.68. The predicted molar refractivity (Wildman–Crippen MR) is 41.6 cm³/mol. The Labute approximate surface area is 77.7 Å². The highest BCUT2D eigenvalue weighted by molar-refractivity contribution is 5.27. The Bertz CT molecular complexity index is 347. The van der Waals surface area contributed by atoms with Crippen LogP contribution in [0.3, 0.4) is 0 Å². The van der Waals surface area contributed by atoms with E-state index < -0.39 is 34.9 Å². The molecule has 0 spiro atoms. The van der Waals surface area contributed by atoms with Crippen LogP contribution in [0.15, 0.2) is 6.07 Å². The Morgan fingerprint density at radius 1 is 1.07 bits per heavy atom. The average molecular weight is 205 g/mol. The molecule has 1 atom stereocenters. The molecule has 1 fully saturated rings. The van der Waals surface area contributed by atoms with Gasteiger partial charge in [0.2, 0.25) is 0 Å². The molecule has 0 aliphatic carbocycles. The van der Waals surface area contributed by atoms with Crippen LogP contribution in [-0.4, -0.2) is 6.54 Å². The molecular formula is C9H7F4N. The van der Waals surface area contributed by atoms with Crippen LogP contribution in [0.4, 0.5) is 17.6 Å². The van der Waals surface area contributed by atoms with Crippen molar-refractivity contribution in [1.29, 1.82) is 0 Å². The second-order valence-electron chi connectivity index (χ2n) is 3.18. The standard InChI is InChI=1S/C9H7F4N/c10-4-3-5(11)9(13)7(8(4)12)6-1-2-14-6/h3,6,14H,1-2H2/t6-/m1/s1. The number of hydrogen-bond donors (Lipinski definition) is 1. The lowest BCUT2D eigenvalue weighted by molar-refractivity contribution is 0.338. The first-order valence-electron chi connectivity index (χ1n) is 4.17. The van der Waals surface area contributed by atoms with Crippen molar-refractivity contribution in [2.75, 3.05) is 6.54 Å². The molecule has 1 aliphatic rings. The van der Waals surface area contributed by atoms with Crippen molar-refractivity contribution in [2.24, 2.45) is 0 Å². The van der Waals surface area contributed by atoms with Gasteiger partial charge in [0.15, 0.2) is 23.3 Å². The van der Waals surface area contributed by atoms with E-state index in [-0.39, 0.29) is 6.07 Å². The highest BCUT2D eigenvalue weighted by atomic mass is 19.2. The maximum atomic E-state index is 13.1. The van der Waals surface area contributed by atoms with Gasteiger partial charge in [0, 0.05) is 17.7 Å². The molecule has 1 aliphatic heterocycles. The van der Waals surface area contributed by atoms with E-state index in [0.29, 0.717) is 13.0 Å². The summed E-state index contributed by atoms with van der Waals surface area (Å²) in [7, 11) is 0. The second kappa shape index (κ2) is 3.24. The number of hydrogen-bond acceptors (Lipinski definition) is 1. The number of benzene rings is 1. The molecule has 0 bridgehead atoms. The van der Waals surface area contributed by atoms with Crippen LogP contribution in [0.2, 0.25) is 0 Å². The van der Waals surface area contributed by atoms with Gasteiger partial charge >= 0.3 is 0 Å². The summed E-state index contributed by atoms with van der Waals surface area (Å²) in [5.74, 6) is -5.32. The summed E-state index contributed by atoms with van der Waals surface area (Å²) < 4.78 is 51.6. The summed E-state index contributed by atoms with van der Waals surface area (Å²) in [6.07, 6.45) is 0.483. The highest BCUT2D eigenvalue weighted by Crippen LogP contribution is 2.30. The minimum absolute atomic E-state index is 0.215. The lowest BCUT2D eigenvalue weighted by Gasteiger charge is -2.28. The molecule has 1 saturated heterocycles. The van der Waals surface area contributed by atoms with Gasteiger partial charge in [-0.15, -0.1) is 0 Å². The molecule has 0 amide bonds. The fraction of sp³-hybridized carbons (Fsp3) is 0.333. The molecule has 0 unspecified atom stereocenters. The molecule has 1 nitrogen and oxygen atoms in total. The van der Waals surface area contributed by atoms with Crippen molar-refractivity contribution >= 4 is 0 Å². The normalized spacial score (nSPS) is 20.7. The Kier molecular flexibility index (Phi) is 2.19. The first kappa shape index (κ1) is 9.45. The number of rotatable bonds is 1. The predicted octanol–water partition coefficient (Wildman–Crippen LogP) is 2.28. The largest absolute Gasteiger partial charge is 0.310 e. The maximum absolute atomic E-state index is 13.1. The van der Waals surface area contributed by atoms with E-state index >= 15 is 0 Å². The first-order valence-corrected chi connectivity index (χ1v) is 4.17. The third-order valence-electron chi connectivity index (χ3n) is 2.32. The molecule has 1 N–H and O–H groups in total. The van der Waals surface area contributed by atoms with E-state index in [2.05, 4.69) is 5.32 Å². The molecule has 1 aromatic rings.